The second-order valence-electron chi connectivity index (χ2n) is 6.66. The van der Waals surface area contributed by atoms with Crippen LogP contribution in [0.5, 0.6) is 0 Å². The molecule has 0 saturated heterocycles. The normalized spacial score (nSPS) is 13.6. The van der Waals surface area contributed by atoms with Crippen molar-refractivity contribution in [3.05, 3.63) is 24.2 Å². The zero-order chi connectivity index (χ0) is 18.3. The monoisotopic (exact) mass is 338 g/mol. The second kappa shape index (κ2) is 9.10. The lowest BCUT2D eigenvalue weighted by atomic mass is 10.0. The summed E-state index contributed by atoms with van der Waals surface area (Å²) in [5, 5.41) is 14.4. The number of hydrogen-bond acceptors (Lipinski definition) is 4. The van der Waals surface area contributed by atoms with Crippen LogP contribution in [0.1, 0.15) is 51.1 Å². The van der Waals surface area contributed by atoms with Gasteiger partial charge in [-0.15, -0.1) is 0 Å². The van der Waals surface area contributed by atoms with Crippen LogP contribution in [0.4, 0.5) is 0 Å². The molecule has 1 aromatic rings. The van der Waals surface area contributed by atoms with Gasteiger partial charge in [-0.25, -0.2) is 4.79 Å². The fraction of sp³-hybridized carbons (Fsp3) is 0.588. The number of amides is 2. The molecule has 134 valence electrons. The molecule has 0 saturated carbocycles. The Hall–Kier alpha value is -2.31. The first-order valence-electron chi connectivity index (χ1n) is 8.08. The fourth-order valence-electron chi connectivity index (χ4n) is 2.31. The standard InChI is InChI=1S/C17H26N2O5/c1-10(2)8-12(18-16(21)14-6-5-7-24-14)15(20)19-13(17(22)23)9-11(3)4/h5-7,10-13H,8-9H2,1-4H3,(H,18,21)(H,19,20)(H,22,23)/t12-,13+/m1/s1. The predicted molar refractivity (Wildman–Crippen MR) is 88.4 cm³/mol. The quantitative estimate of drug-likeness (QED) is 0.638. The van der Waals surface area contributed by atoms with Crippen LogP contribution in [0.25, 0.3) is 0 Å². The van der Waals surface area contributed by atoms with E-state index >= 15 is 0 Å². The molecule has 7 nitrogen and oxygen atoms in total. The van der Waals surface area contributed by atoms with Crippen LogP contribution >= 0.6 is 0 Å². The van der Waals surface area contributed by atoms with Crippen molar-refractivity contribution in [1.29, 1.82) is 0 Å². The van der Waals surface area contributed by atoms with Gasteiger partial charge in [0.2, 0.25) is 5.91 Å². The second-order valence-corrected chi connectivity index (χ2v) is 6.66. The van der Waals surface area contributed by atoms with Crippen molar-refractivity contribution in [2.24, 2.45) is 11.8 Å². The molecule has 24 heavy (non-hydrogen) atoms. The molecule has 0 fully saturated rings. The van der Waals surface area contributed by atoms with Crippen LogP contribution in [0.3, 0.4) is 0 Å². The number of carbonyl (C=O) groups excluding carboxylic acids is 2. The van der Waals surface area contributed by atoms with Gasteiger partial charge in [-0.1, -0.05) is 27.7 Å². The lowest BCUT2D eigenvalue weighted by Crippen LogP contribution is -2.52. The molecule has 2 atom stereocenters. The maximum absolute atomic E-state index is 12.5. The van der Waals surface area contributed by atoms with Crippen LogP contribution in [-0.4, -0.2) is 35.0 Å². The van der Waals surface area contributed by atoms with Gasteiger partial charge in [-0.05, 0) is 36.8 Å². The van der Waals surface area contributed by atoms with Crippen molar-refractivity contribution in [3.63, 3.8) is 0 Å². The number of nitrogens with one attached hydrogen (secondary N) is 2. The van der Waals surface area contributed by atoms with E-state index in [2.05, 4.69) is 10.6 Å². The average molecular weight is 338 g/mol. The van der Waals surface area contributed by atoms with E-state index < -0.39 is 29.9 Å². The molecule has 0 aromatic carbocycles. The molecule has 2 amide bonds. The fourth-order valence-corrected chi connectivity index (χ4v) is 2.31. The van der Waals surface area contributed by atoms with Crippen LogP contribution in [0.15, 0.2) is 22.8 Å². The minimum atomic E-state index is -1.09. The van der Waals surface area contributed by atoms with Gasteiger partial charge in [0.1, 0.15) is 12.1 Å². The summed E-state index contributed by atoms with van der Waals surface area (Å²) in [6, 6.07) is 1.28. The Balaban J connectivity index is 2.80. The smallest absolute Gasteiger partial charge is 0.326 e. The van der Waals surface area contributed by atoms with E-state index in [-0.39, 0.29) is 17.6 Å². The molecule has 0 radical (unpaired) electrons. The first-order valence-corrected chi connectivity index (χ1v) is 8.08. The number of rotatable bonds is 9. The maximum Gasteiger partial charge on any atom is 0.326 e. The largest absolute Gasteiger partial charge is 0.480 e. The molecular weight excluding hydrogens is 312 g/mol. The molecule has 0 aliphatic heterocycles. The highest BCUT2D eigenvalue weighted by atomic mass is 16.4. The van der Waals surface area contributed by atoms with Gasteiger partial charge in [0, 0.05) is 0 Å². The molecule has 7 heteroatoms. The summed E-state index contributed by atoms with van der Waals surface area (Å²) >= 11 is 0. The highest BCUT2D eigenvalue weighted by molar-refractivity contribution is 5.96. The molecule has 1 heterocycles. The van der Waals surface area contributed by atoms with E-state index in [1.54, 1.807) is 6.07 Å². The third kappa shape index (κ3) is 6.44. The number of furan rings is 1. The molecular formula is C17H26N2O5. The molecule has 1 aromatic heterocycles. The summed E-state index contributed by atoms with van der Waals surface area (Å²) < 4.78 is 5.01. The van der Waals surface area contributed by atoms with Crippen LogP contribution in [0.2, 0.25) is 0 Å². The highest BCUT2D eigenvalue weighted by Crippen LogP contribution is 2.10. The molecule has 0 spiro atoms. The van der Waals surface area contributed by atoms with E-state index in [9.17, 15) is 19.5 Å². The van der Waals surface area contributed by atoms with Gasteiger partial charge >= 0.3 is 5.97 Å². The topological polar surface area (TPSA) is 109 Å². The number of carboxylic acid groups (broad SMARTS) is 1. The van der Waals surface area contributed by atoms with E-state index in [1.807, 2.05) is 27.7 Å². The van der Waals surface area contributed by atoms with Gasteiger partial charge in [0.15, 0.2) is 5.76 Å². The van der Waals surface area contributed by atoms with Crippen molar-refractivity contribution in [3.8, 4) is 0 Å². The molecule has 1 rings (SSSR count). The Labute approximate surface area is 141 Å². The lowest BCUT2D eigenvalue weighted by molar-refractivity contribution is -0.142. The molecule has 3 N–H and O–H groups in total. The number of carbonyl (C=O) groups is 3. The zero-order valence-electron chi connectivity index (χ0n) is 14.5. The molecule has 0 unspecified atom stereocenters. The Kier molecular flexibility index (Phi) is 7.48. The van der Waals surface area contributed by atoms with E-state index in [0.717, 1.165) is 0 Å². The highest BCUT2D eigenvalue weighted by Gasteiger charge is 2.28. The SMILES string of the molecule is CC(C)C[C@H](NC(=O)[C@@H](CC(C)C)NC(=O)c1ccco1)C(=O)O. The molecule has 0 bridgehead atoms. The van der Waals surface area contributed by atoms with Crippen molar-refractivity contribution < 1.29 is 23.9 Å². The first kappa shape index (κ1) is 19.7. The summed E-state index contributed by atoms with van der Waals surface area (Å²) in [5.74, 6) is -1.72. The first-order chi connectivity index (χ1) is 11.2. The average Bonchev–Trinajstić information content (AvgIpc) is 2.98. The zero-order valence-corrected chi connectivity index (χ0v) is 14.5. The van der Waals surface area contributed by atoms with Gasteiger partial charge < -0.3 is 20.2 Å². The van der Waals surface area contributed by atoms with Gasteiger partial charge in [0.25, 0.3) is 5.91 Å². The predicted octanol–water partition coefficient (Wildman–Crippen LogP) is 2.04. The summed E-state index contributed by atoms with van der Waals surface area (Å²) in [4.78, 5) is 35.9. The molecule has 0 aliphatic rings. The number of hydrogen-bond donors (Lipinski definition) is 3. The lowest BCUT2D eigenvalue weighted by Gasteiger charge is -2.23. The van der Waals surface area contributed by atoms with Crippen LogP contribution in [-0.2, 0) is 9.59 Å². The minimum absolute atomic E-state index is 0.105. The summed E-state index contributed by atoms with van der Waals surface area (Å²) in [6.07, 6.45) is 2.09. The van der Waals surface area contributed by atoms with Crippen molar-refractivity contribution in [2.45, 2.75) is 52.6 Å². The van der Waals surface area contributed by atoms with Crippen LogP contribution in [0, 0.1) is 11.8 Å². The minimum Gasteiger partial charge on any atom is -0.480 e. The van der Waals surface area contributed by atoms with Crippen molar-refractivity contribution in [1.82, 2.24) is 10.6 Å². The summed E-state index contributed by atoms with van der Waals surface area (Å²) in [6.45, 7) is 7.60. The van der Waals surface area contributed by atoms with E-state index in [1.165, 1.54) is 12.3 Å². The van der Waals surface area contributed by atoms with Crippen LogP contribution < -0.4 is 10.6 Å². The number of carboxylic acids is 1. The Morgan fingerprint density at radius 1 is 1.04 bits per heavy atom. The third-order valence-corrected chi connectivity index (χ3v) is 3.40. The van der Waals surface area contributed by atoms with Crippen molar-refractivity contribution >= 4 is 17.8 Å². The Morgan fingerprint density at radius 2 is 1.62 bits per heavy atom. The van der Waals surface area contributed by atoms with Gasteiger partial charge in [-0.2, -0.15) is 0 Å². The van der Waals surface area contributed by atoms with E-state index in [0.29, 0.717) is 12.8 Å². The summed E-state index contributed by atoms with van der Waals surface area (Å²) in [7, 11) is 0. The Morgan fingerprint density at radius 3 is 2.08 bits per heavy atom. The Bertz CT molecular complexity index is 551. The maximum atomic E-state index is 12.5. The van der Waals surface area contributed by atoms with Gasteiger partial charge in [-0.3, -0.25) is 9.59 Å². The van der Waals surface area contributed by atoms with Crippen molar-refractivity contribution in [2.75, 3.05) is 0 Å². The number of aliphatic carboxylic acids is 1. The van der Waals surface area contributed by atoms with E-state index in [4.69, 9.17) is 4.42 Å². The molecule has 0 aliphatic carbocycles. The third-order valence-electron chi connectivity index (χ3n) is 3.40. The summed E-state index contributed by atoms with van der Waals surface area (Å²) in [5.41, 5.74) is 0. The van der Waals surface area contributed by atoms with Gasteiger partial charge in [0.05, 0.1) is 6.26 Å².